The summed E-state index contributed by atoms with van der Waals surface area (Å²) in [6.07, 6.45) is 4.83. The molecule has 12 heavy (non-hydrogen) atoms. The first-order valence-corrected chi connectivity index (χ1v) is 5.62. The predicted octanol–water partition coefficient (Wildman–Crippen LogP) is 1.20. The molecule has 5 heteroatoms. The van der Waals surface area contributed by atoms with Crippen molar-refractivity contribution in [1.82, 2.24) is 0 Å². The van der Waals surface area contributed by atoms with Gasteiger partial charge in [0.05, 0.1) is 5.75 Å². The van der Waals surface area contributed by atoms with Crippen LogP contribution in [0.5, 0.6) is 0 Å². The molecule has 3 nitrogen and oxygen atoms in total. The Morgan fingerprint density at radius 2 is 1.58 bits per heavy atom. The molecule has 0 rings (SSSR count). The first kappa shape index (κ1) is 15.4. The van der Waals surface area contributed by atoms with E-state index >= 15 is 0 Å². The Balaban J connectivity index is 0. The van der Waals surface area contributed by atoms with Gasteiger partial charge in [0.25, 0.3) is 10.1 Å². The molecule has 0 bridgehead atoms. The first-order chi connectivity index (χ1) is 5.06. The molecule has 0 heterocycles. The van der Waals surface area contributed by atoms with Crippen molar-refractivity contribution in [2.75, 3.05) is 5.75 Å². The Bertz CT molecular complexity index is 177. The van der Waals surface area contributed by atoms with Gasteiger partial charge < -0.3 is 0 Å². The average Bonchev–Trinajstić information content (AvgIpc) is 1.85. The Kier molecular flexibility index (Phi) is 10.9. The summed E-state index contributed by atoms with van der Waals surface area (Å²) in [5, 5.41) is 0. The van der Waals surface area contributed by atoms with Crippen molar-refractivity contribution in [2.24, 2.45) is 0 Å². The van der Waals surface area contributed by atoms with Crippen LogP contribution in [0.25, 0.3) is 0 Å². The van der Waals surface area contributed by atoms with E-state index in [0.717, 1.165) is 25.7 Å². The van der Waals surface area contributed by atoms with Gasteiger partial charge in [0, 0.05) is 0 Å². The van der Waals surface area contributed by atoms with Gasteiger partial charge >= 0.3 is 29.6 Å². The van der Waals surface area contributed by atoms with Crippen LogP contribution in [0.2, 0.25) is 0 Å². The van der Waals surface area contributed by atoms with Gasteiger partial charge in [0.2, 0.25) is 0 Å². The fourth-order valence-electron chi connectivity index (χ4n) is 0.888. The number of hydrogen-bond acceptors (Lipinski definition) is 2. The van der Waals surface area contributed by atoms with Crippen LogP contribution in [-0.4, -0.2) is 48.3 Å². The molecule has 70 valence electrons. The second kappa shape index (κ2) is 8.51. The van der Waals surface area contributed by atoms with Crippen molar-refractivity contribution >= 4 is 39.7 Å². The standard InChI is InChI=1S/C7H16O3S.Na.H/c1-2-3-4-5-6-7-11(8,9)10;;/h2-7H2,1H3,(H,8,9,10);;. The maximum atomic E-state index is 10.2. The van der Waals surface area contributed by atoms with Crippen molar-refractivity contribution in [3.05, 3.63) is 0 Å². The van der Waals surface area contributed by atoms with Crippen LogP contribution in [0, 0.1) is 0 Å². The molecule has 0 saturated heterocycles. The van der Waals surface area contributed by atoms with E-state index in [1.165, 1.54) is 0 Å². The summed E-state index contributed by atoms with van der Waals surface area (Å²) in [6, 6.07) is 0. The zero-order chi connectivity index (χ0) is 8.74. The van der Waals surface area contributed by atoms with E-state index in [2.05, 4.69) is 6.92 Å². The third-order valence-corrected chi connectivity index (χ3v) is 2.31. The molecular weight excluding hydrogens is 187 g/mol. The molecule has 0 aromatic rings. The zero-order valence-corrected chi connectivity index (χ0v) is 7.73. The number of rotatable bonds is 6. The Morgan fingerprint density at radius 3 is 2.00 bits per heavy atom. The van der Waals surface area contributed by atoms with Gasteiger partial charge in [-0.15, -0.1) is 0 Å². The molecular formula is C7H17NaO3S. The van der Waals surface area contributed by atoms with E-state index in [9.17, 15) is 8.42 Å². The molecule has 0 saturated carbocycles. The summed E-state index contributed by atoms with van der Waals surface area (Å²) >= 11 is 0. The van der Waals surface area contributed by atoms with Crippen molar-refractivity contribution in [1.29, 1.82) is 0 Å². The van der Waals surface area contributed by atoms with Gasteiger partial charge in [0.1, 0.15) is 0 Å². The topological polar surface area (TPSA) is 54.4 Å². The van der Waals surface area contributed by atoms with Crippen LogP contribution in [0.3, 0.4) is 0 Å². The molecule has 0 amide bonds. The zero-order valence-electron chi connectivity index (χ0n) is 6.91. The molecule has 0 radical (unpaired) electrons. The van der Waals surface area contributed by atoms with Crippen LogP contribution in [0.15, 0.2) is 0 Å². The van der Waals surface area contributed by atoms with E-state index in [1.807, 2.05) is 0 Å². The van der Waals surface area contributed by atoms with E-state index in [1.54, 1.807) is 0 Å². The maximum absolute atomic E-state index is 10.2. The number of unbranched alkanes of at least 4 members (excludes halogenated alkanes) is 4. The van der Waals surface area contributed by atoms with Gasteiger partial charge in [-0.25, -0.2) is 0 Å². The van der Waals surface area contributed by atoms with E-state index < -0.39 is 10.1 Å². The van der Waals surface area contributed by atoms with E-state index in [-0.39, 0.29) is 35.3 Å². The summed E-state index contributed by atoms with van der Waals surface area (Å²) < 4.78 is 28.8. The van der Waals surface area contributed by atoms with Crippen LogP contribution in [0.4, 0.5) is 0 Å². The summed E-state index contributed by atoms with van der Waals surface area (Å²) in [5.41, 5.74) is 0. The molecule has 0 spiro atoms. The third kappa shape index (κ3) is 13.5. The monoisotopic (exact) mass is 204 g/mol. The second-order valence-electron chi connectivity index (χ2n) is 2.70. The van der Waals surface area contributed by atoms with Gasteiger partial charge in [-0.05, 0) is 6.42 Å². The van der Waals surface area contributed by atoms with Gasteiger partial charge in [-0.1, -0.05) is 32.6 Å². The van der Waals surface area contributed by atoms with Gasteiger partial charge in [-0.2, -0.15) is 8.42 Å². The van der Waals surface area contributed by atoms with Crippen molar-refractivity contribution in [2.45, 2.75) is 39.0 Å². The molecule has 0 aliphatic heterocycles. The SMILES string of the molecule is CCCCCCCS(=O)(=O)O.[NaH]. The molecule has 0 aliphatic carbocycles. The number of hydrogen-bond donors (Lipinski definition) is 1. The Hall–Kier alpha value is 0.910. The van der Waals surface area contributed by atoms with Crippen LogP contribution in [-0.2, 0) is 10.1 Å². The molecule has 0 aliphatic rings. The predicted molar refractivity (Wildman–Crippen MR) is 52.3 cm³/mol. The van der Waals surface area contributed by atoms with E-state index in [4.69, 9.17) is 4.55 Å². The van der Waals surface area contributed by atoms with Crippen LogP contribution < -0.4 is 0 Å². The van der Waals surface area contributed by atoms with Crippen molar-refractivity contribution in [3.63, 3.8) is 0 Å². The Morgan fingerprint density at radius 1 is 1.08 bits per heavy atom. The minimum atomic E-state index is -3.71. The fraction of sp³-hybridized carbons (Fsp3) is 1.00. The van der Waals surface area contributed by atoms with Gasteiger partial charge in [0.15, 0.2) is 0 Å². The molecule has 0 aromatic carbocycles. The molecule has 0 unspecified atom stereocenters. The molecule has 0 aromatic heterocycles. The summed E-state index contributed by atoms with van der Waals surface area (Å²) in [6.45, 7) is 2.10. The van der Waals surface area contributed by atoms with Crippen LogP contribution >= 0.6 is 0 Å². The molecule has 1 N–H and O–H groups in total. The van der Waals surface area contributed by atoms with Crippen LogP contribution in [0.1, 0.15) is 39.0 Å². The summed E-state index contributed by atoms with van der Waals surface area (Å²) in [5.74, 6) is -0.0866. The Labute approximate surface area is 97.0 Å². The van der Waals surface area contributed by atoms with Gasteiger partial charge in [-0.3, -0.25) is 4.55 Å². The fourth-order valence-corrected chi connectivity index (χ4v) is 1.46. The average molecular weight is 204 g/mol. The summed E-state index contributed by atoms with van der Waals surface area (Å²) in [4.78, 5) is 0. The molecule has 0 atom stereocenters. The third-order valence-electron chi connectivity index (χ3n) is 1.51. The first-order valence-electron chi connectivity index (χ1n) is 4.01. The summed E-state index contributed by atoms with van der Waals surface area (Å²) in [7, 11) is -3.71. The van der Waals surface area contributed by atoms with Crippen molar-refractivity contribution < 1.29 is 13.0 Å². The van der Waals surface area contributed by atoms with E-state index in [0.29, 0.717) is 6.42 Å². The molecule has 0 fully saturated rings. The second-order valence-corrected chi connectivity index (χ2v) is 4.27. The normalized spacial score (nSPS) is 10.8. The quantitative estimate of drug-likeness (QED) is 0.402. The minimum absolute atomic E-state index is 0. The van der Waals surface area contributed by atoms with Crippen molar-refractivity contribution in [3.8, 4) is 0 Å².